The van der Waals surface area contributed by atoms with Gasteiger partial charge in [0.25, 0.3) is 11.8 Å². The maximum atomic E-state index is 12.9. The fourth-order valence-electron chi connectivity index (χ4n) is 2.82. The van der Waals surface area contributed by atoms with Gasteiger partial charge in [0.05, 0.1) is 0 Å². The van der Waals surface area contributed by atoms with Gasteiger partial charge in [-0.25, -0.2) is 13.2 Å². The predicted molar refractivity (Wildman–Crippen MR) is 119 cm³/mol. The van der Waals surface area contributed by atoms with E-state index in [-0.39, 0.29) is 15.7 Å². The van der Waals surface area contributed by atoms with Crippen LogP contribution in [-0.4, -0.2) is 68.8 Å². The van der Waals surface area contributed by atoms with Gasteiger partial charge >= 0.3 is 5.97 Å². The van der Waals surface area contributed by atoms with Crippen LogP contribution in [0.3, 0.4) is 0 Å². The highest BCUT2D eigenvalue weighted by Gasteiger charge is 2.31. The van der Waals surface area contributed by atoms with E-state index in [1.807, 2.05) is 0 Å². The number of amides is 2. The summed E-state index contributed by atoms with van der Waals surface area (Å²) in [5.74, 6) is -0.308. The number of esters is 1. The highest BCUT2D eigenvalue weighted by Crippen LogP contribution is 2.27. The average molecular weight is 484 g/mol. The number of carbonyl (C=O) groups excluding carboxylic acids is 3. The third-order valence-electron chi connectivity index (χ3n) is 4.39. The molecule has 2 amide bonds. The van der Waals surface area contributed by atoms with Gasteiger partial charge in [0, 0.05) is 42.9 Å². The molecule has 1 aliphatic rings. The summed E-state index contributed by atoms with van der Waals surface area (Å²) >= 11 is 2.63. The Balaban J connectivity index is 1.59. The van der Waals surface area contributed by atoms with Gasteiger partial charge in [-0.3, -0.25) is 9.59 Å². The fourth-order valence-corrected chi connectivity index (χ4v) is 6.68. The second-order valence-electron chi connectivity index (χ2n) is 6.41. The van der Waals surface area contributed by atoms with E-state index in [4.69, 9.17) is 4.74 Å². The molecule has 0 bridgehead atoms. The number of rotatable bonds is 7. The highest BCUT2D eigenvalue weighted by molar-refractivity contribution is 7.99. The topological polar surface area (TPSA) is 122 Å². The number of thiophene rings is 1. The van der Waals surface area contributed by atoms with Gasteiger partial charge in [-0.15, -0.1) is 11.3 Å². The van der Waals surface area contributed by atoms with Crippen molar-refractivity contribution in [1.82, 2.24) is 9.62 Å². The molecule has 1 fully saturated rings. The number of ether oxygens (including phenoxy) is 1. The third-order valence-corrected chi connectivity index (χ3v) is 8.30. The Kier molecular flexibility index (Phi) is 7.70. The first-order chi connectivity index (χ1) is 14.8. The van der Waals surface area contributed by atoms with Crippen LogP contribution in [0, 0.1) is 0 Å². The lowest BCUT2D eigenvalue weighted by molar-refractivity contribution is -0.119. The van der Waals surface area contributed by atoms with E-state index >= 15 is 0 Å². The smallest absolute Gasteiger partial charge is 0.350 e. The molecule has 0 unspecified atom stereocenters. The molecule has 12 heteroatoms. The first kappa shape index (κ1) is 23.3. The molecule has 3 rings (SSSR count). The zero-order chi connectivity index (χ0) is 22.4. The van der Waals surface area contributed by atoms with Crippen molar-refractivity contribution in [2.75, 3.05) is 43.6 Å². The number of hydrogen-bond acceptors (Lipinski definition) is 8. The molecule has 2 aromatic rings. The Labute approximate surface area is 188 Å². The normalized spacial score (nSPS) is 14.6. The van der Waals surface area contributed by atoms with Gasteiger partial charge < -0.3 is 15.4 Å². The van der Waals surface area contributed by atoms with E-state index in [9.17, 15) is 22.8 Å². The van der Waals surface area contributed by atoms with E-state index in [1.54, 1.807) is 36.0 Å². The van der Waals surface area contributed by atoms with Gasteiger partial charge in [0.2, 0.25) is 10.0 Å². The van der Waals surface area contributed by atoms with Crippen molar-refractivity contribution >= 4 is 56.6 Å². The summed E-state index contributed by atoms with van der Waals surface area (Å²) in [7, 11) is -2.28. The van der Waals surface area contributed by atoms with Crippen LogP contribution in [0.5, 0.6) is 0 Å². The van der Waals surface area contributed by atoms with Crippen molar-refractivity contribution in [3.05, 3.63) is 46.2 Å². The number of nitrogens with one attached hydrogen (secondary N) is 2. The summed E-state index contributed by atoms with van der Waals surface area (Å²) in [6.45, 7) is 0.199. The lowest BCUT2D eigenvalue weighted by atomic mass is 10.2. The Bertz CT molecular complexity index is 1060. The average Bonchev–Trinajstić information content (AvgIpc) is 3.29. The molecule has 0 radical (unpaired) electrons. The van der Waals surface area contributed by atoms with Crippen LogP contribution in [0.4, 0.5) is 5.69 Å². The fraction of sp³-hybridized carbons (Fsp3) is 0.316. The Morgan fingerprint density at radius 1 is 1.10 bits per heavy atom. The van der Waals surface area contributed by atoms with E-state index in [1.165, 1.54) is 22.8 Å². The van der Waals surface area contributed by atoms with Crippen LogP contribution in [-0.2, 0) is 19.6 Å². The minimum absolute atomic E-state index is 0.0547. The molecule has 2 N–H and O–H groups in total. The SMILES string of the molecule is CNC(=O)c1ccc(NC(=O)COC(=O)c2sccc2S(=O)(=O)N2CCSCC2)cc1. The molecule has 1 saturated heterocycles. The number of anilines is 1. The maximum absolute atomic E-state index is 12.9. The van der Waals surface area contributed by atoms with Gasteiger partial charge in [-0.2, -0.15) is 16.1 Å². The summed E-state index contributed by atoms with van der Waals surface area (Å²) in [6.07, 6.45) is 0. The van der Waals surface area contributed by atoms with Crippen LogP contribution >= 0.6 is 23.1 Å². The zero-order valence-electron chi connectivity index (χ0n) is 16.6. The molecular weight excluding hydrogens is 462 g/mol. The minimum Gasteiger partial charge on any atom is -0.451 e. The van der Waals surface area contributed by atoms with Crippen LogP contribution in [0.15, 0.2) is 40.6 Å². The summed E-state index contributed by atoms with van der Waals surface area (Å²) in [5, 5.41) is 6.55. The molecule has 1 aliphatic heterocycles. The van der Waals surface area contributed by atoms with Gasteiger partial charge in [-0.1, -0.05) is 0 Å². The molecule has 0 atom stereocenters. The lowest BCUT2D eigenvalue weighted by Crippen LogP contribution is -2.38. The number of hydrogen-bond donors (Lipinski definition) is 2. The van der Waals surface area contributed by atoms with Crippen molar-refractivity contribution in [3.8, 4) is 0 Å². The van der Waals surface area contributed by atoms with Crippen molar-refractivity contribution in [2.45, 2.75) is 4.90 Å². The van der Waals surface area contributed by atoms with Crippen molar-refractivity contribution < 1.29 is 27.5 Å². The van der Waals surface area contributed by atoms with Crippen molar-refractivity contribution in [2.24, 2.45) is 0 Å². The molecule has 0 spiro atoms. The molecule has 9 nitrogen and oxygen atoms in total. The van der Waals surface area contributed by atoms with Crippen LogP contribution in [0.2, 0.25) is 0 Å². The van der Waals surface area contributed by atoms with E-state index in [0.717, 1.165) is 11.3 Å². The van der Waals surface area contributed by atoms with Crippen LogP contribution < -0.4 is 10.6 Å². The standard InChI is InChI=1S/C19H21N3O6S3/c1-20-18(24)13-2-4-14(5-3-13)21-16(23)12-28-19(25)17-15(6-9-30-17)31(26,27)22-7-10-29-11-8-22/h2-6,9H,7-8,10-12H2,1H3,(H,20,24)(H,21,23). The predicted octanol–water partition coefficient (Wildman–Crippen LogP) is 1.64. The summed E-state index contributed by atoms with van der Waals surface area (Å²) in [6, 6.07) is 7.56. The van der Waals surface area contributed by atoms with Gasteiger partial charge in [0.1, 0.15) is 9.77 Å². The van der Waals surface area contributed by atoms with Gasteiger partial charge in [-0.05, 0) is 35.7 Å². The summed E-state index contributed by atoms with van der Waals surface area (Å²) in [4.78, 5) is 35.9. The number of carbonyl (C=O) groups is 3. The highest BCUT2D eigenvalue weighted by atomic mass is 32.2. The Hall–Kier alpha value is -2.41. The Morgan fingerprint density at radius 2 is 1.77 bits per heavy atom. The lowest BCUT2D eigenvalue weighted by Gasteiger charge is -2.25. The molecule has 2 heterocycles. The Morgan fingerprint density at radius 3 is 2.42 bits per heavy atom. The second kappa shape index (κ2) is 10.3. The second-order valence-corrected chi connectivity index (χ2v) is 10.5. The third kappa shape index (κ3) is 5.64. The number of nitrogens with zero attached hydrogens (tertiary/aromatic N) is 1. The maximum Gasteiger partial charge on any atom is 0.350 e. The molecular formula is C19H21N3O6S3. The quantitative estimate of drug-likeness (QED) is 0.574. The van der Waals surface area contributed by atoms with Gasteiger partial charge in [0.15, 0.2) is 6.61 Å². The minimum atomic E-state index is -3.80. The molecule has 1 aromatic heterocycles. The van der Waals surface area contributed by atoms with Crippen LogP contribution in [0.1, 0.15) is 20.0 Å². The monoisotopic (exact) mass is 483 g/mol. The van der Waals surface area contributed by atoms with Crippen molar-refractivity contribution in [1.29, 1.82) is 0 Å². The molecule has 0 aliphatic carbocycles. The molecule has 31 heavy (non-hydrogen) atoms. The summed E-state index contributed by atoms with van der Waals surface area (Å²) in [5.41, 5.74) is 0.863. The first-order valence-electron chi connectivity index (χ1n) is 9.27. The summed E-state index contributed by atoms with van der Waals surface area (Å²) < 4.78 is 32.1. The molecule has 166 valence electrons. The number of thioether (sulfide) groups is 1. The molecule has 0 saturated carbocycles. The zero-order valence-corrected chi connectivity index (χ0v) is 19.1. The van der Waals surface area contributed by atoms with Crippen molar-refractivity contribution in [3.63, 3.8) is 0 Å². The van der Waals surface area contributed by atoms with E-state index in [0.29, 0.717) is 35.8 Å². The first-order valence-corrected chi connectivity index (χ1v) is 12.7. The number of benzene rings is 1. The van der Waals surface area contributed by atoms with Crippen LogP contribution in [0.25, 0.3) is 0 Å². The molecule has 1 aromatic carbocycles. The largest absolute Gasteiger partial charge is 0.451 e. The van der Waals surface area contributed by atoms with E-state index in [2.05, 4.69) is 10.6 Å². The van der Waals surface area contributed by atoms with E-state index < -0.39 is 28.5 Å². The number of sulfonamides is 1.